The van der Waals surface area contributed by atoms with Crippen molar-refractivity contribution in [2.24, 2.45) is 0 Å². The zero-order valence-electron chi connectivity index (χ0n) is 14.2. The molecule has 2 rings (SSSR count). The number of rotatable bonds is 5. The first-order valence-electron chi connectivity index (χ1n) is 8.07. The minimum atomic E-state index is -0.218. The molecule has 0 spiro atoms. The van der Waals surface area contributed by atoms with Gasteiger partial charge in [-0.05, 0) is 36.8 Å². The second kappa shape index (κ2) is 8.94. The Kier molecular flexibility index (Phi) is 6.65. The fourth-order valence-electron chi connectivity index (χ4n) is 2.26. The number of anilines is 1. The van der Waals surface area contributed by atoms with Crippen LogP contribution in [0.1, 0.15) is 42.2 Å². The molecule has 1 atom stereocenters. The van der Waals surface area contributed by atoms with Crippen molar-refractivity contribution in [3.8, 4) is 0 Å². The maximum Gasteiger partial charge on any atom is 0.253 e. The molecule has 3 N–H and O–H groups in total. The molecule has 0 aromatic heterocycles. The number of benzene rings is 2. The van der Waals surface area contributed by atoms with Crippen LogP contribution < -0.4 is 16.0 Å². The van der Waals surface area contributed by atoms with Crippen molar-refractivity contribution in [1.82, 2.24) is 10.6 Å². The Balaban J connectivity index is 2.10. The molecular formula is C19H21N3O2S. The summed E-state index contributed by atoms with van der Waals surface area (Å²) in [5.74, 6) is -0.402. The van der Waals surface area contributed by atoms with Gasteiger partial charge in [-0.3, -0.25) is 9.59 Å². The van der Waals surface area contributed by atoms with Gasteiger partial charge in [-0.25, -0.2) is 0 Å². The number of carbonyl (C=O) groups is 2. The van der Waals surface area contributed by atoms with Crippen LogP contribution >= 0.6 is 12.2 Å². The molecule has 0 radical (unpaired) electrons. The summed E-state index contributed by atoms with van der Waals surface area (Å²) in [6, 6.07) is 16.6. The summed E-state index contributed by atoms with van der Waals surface area (Å²) in [5, 5.41) is 8.61. The molecule has 0 aliphatic carbocycles. The van der Waals surface area contributed by atoms with Crippen LogP contribution in [0.4, 0.5) is 5.69 Å². The highest BCUT2D eigenvalue weighted by molar-refractivity contribution is 7.80. The minimum absolute atomic E-state index is 0.131. The van der Waals surface area contributed by atoms with Crippen LogP contribution in [0.3, 0.4) is 0 Å². The topological polar surface area (TPSA) is 70.2 Å². The predicted molar refractivity (Wildman–Crippen MR) is 103 cm³/mol. The molecule has 0 aliphatic heterocycles. The second-order valence-corrected chi connectivity index (χ2v) is 5.92. The molecule has 6 heteroatoms. The first-order valence-corrected chi connectivity index (χ1v) is 8.47. The Bertz CT molecular complexity index is 762. The van der Waals surface area contributed by atoms with Crippen LogP contribution in [-0.2, 0) is 4.79 Å². The van der Waals surface area contributed by atoms with Gasteiger partial charge >= 0.3 is 0 Å². The monoisotopic (exact) mass is 355 g/mol. The van der Waals surface area contributed by atoms with Crippen LogP contribution in [0.5, 0.6) is 0 Å². The van der Waals surface area contributed by atoms with E-state index in [1.165, 1.54) is 0 Å². The van der Waals surface area contributed by atoms with E-state index in [0.29, 0.717) is 17.7 Å². The standard InChI is InChI=1S/C19H21N3O2S/c1-3-17(23)22-19(25)21-16-12-8-7-11-15(16)18(24)20-13(2)14-9-5-4-6-10-14/h4-13H,3H2,1-2H3,(H,20,24)(H2,21,22,23,25). The number of thiocarbonyl (C=S) groups is 1. The van der Waals surface area contributed by atoms with E-state index < -0.39 is 0 Å². The lowest BCUT2D eigenvalue weighted by molar-refractivity contribution is -0.119. The first kappa shape index (κ1) is 18.6. The van der Waals surface area contributed by atoms with Crippen molar-refractivity contribution < 1.29 is 9.59 Å². The van der Waals surface area contributed by atoms with E-state index >= 15 is 0 Å². The van der Waals surface area contributed by atoms with E-state index in [0.717, 1.165) is 5.56 Å². The number of para-hydroxylation sites is 1. The molecule has 130 valence electrons. The van der Waals surface area contributed by atoms with Gasteiger partial charge in [0.2, 0.25) is 5.91 Å². The Labute approximate surface area is 152 Å². The summed E-state index contributed by atoms with van der Waals surface area (Å²) in [6.45, 7) is 3.67. The van der Waals surface area contributed by atoms with E-state index in [4.69, 9.17) is 12.2 Å². The molecule has 0 bridgehead atoms. The summed E-state index contributed by atoms with van der Waals surface area (Å²) >= 11 is 5.11. The molecule has 2 amide bonds. The fourth-order valence-corrected chi connectivity index (χ4v) is 2.48. The third-order valence-electron chi connectivity index (χ3n) is 3.64. The van der Waals surface area contributed by atoms with Crippen molar-refractivity contribution >= 4 is 34.8 Å². The van der Waals surface area contributed by atoms with Gasteiger partial charge in [0.05, 0.1) is 17.3 Å². The van der Waals surface area contributed by atoms with Crippen LogP contribution in [0, 0.1) is 0 Å². The zero-order valence-corrected chi connectivity index (χ0v) is 15.0. The van der Waals surface area contributed by atoms with Crippen molar-refractivity contribution in [2.75, 3.05) is 5.32 Å². The lowest BCUT2D eigenvalue weighted by atomic mass is 10.1. The first-order chi connectivity index (χ1) is 12.0. The Morgan fingerprint density at radius 2 is 1.68 bits per heavy atom. The van der Waals surface area contributed by atoms with E-state index in [1.54, 1.807) is 31.2 Å². The SMILES string of the molecule is CCC(=O)NC(=S)Nc1ccccc1C(=O)NC(C)c1ccccc1. The van der Waals surface area contributed by atoms with Gasteiger partial charge in [0.1, 0.15) is 0 Å². The van der Waals surface area contributed by atoms with Crippen molar-refractivity contribution in [1.29, 1.82) is 0 Å². The van der Waals surface area contributed by atoms with E-state index in [1.807, 2.05) is 37.3 Å². The van der Waals surface area contributed by atoms with Gasteiger partial charge in [0.25, 0.3) is 5.91 Å². The maximum atomic E-state index is 12.6. The van der Waals surface area contributed by atoms with Crippen LogP contribution in [0.15, 0.2) is 54.6 Å². The summed E-state index contributed by atoms with van der Waals surface area (Å²) in [6.07, 6.45) is 0.332. The highest BCUT2D eigenvalue weighted by Crippen LogP contribution is 2.17. The molecule has 0 saturated heterocycles. The molecule has 0 fully saturated rings. The molecule has 0 aliphatic rings. The Morgan fingerprint density at radius 1 is 1.04 bits per heavy atom. The van der Waals surface area contributed by atoms with Crippen LogP contribution in [0.2, 0.25) is 0 Å². The van der Waals surface area contributed by atoms with Gasteiger partial charge < -0.3 is 16.0 Å². The second-order valence-electron chi connectivity index (χ2n) is 5.51. The maximum absolute atomic E-state index is 12.6. The van der Waals surface area contributed by atoms with Crippen LogP contribution in [-0.4, -0.2) is 16.9 Å². The third kappa shape index (κ3) is 5.39. The number of nitrogens with one attached hydrogen (secondary N) is 3. The average Bonchev–Trinajstić information content (AvgIpc) is 2.62. The highest BCUT2D eigenvalue weighted by atomic mass is 32.1. The smallest absolute Gasteiger partial charge is 0.253 e. The summed E-state index contributed by atoms with van der Waals surface area (Å²) in [5.41, 5.74) is 2.02. The van der Waals surface area contributed by atoms with Gasteiger partial charge in [-0.2, -0.15) is 0 Å². The average molecular weight is 355 g/mol. The van der Waals surface area contributed by atoms with Gasteiger partial charge in [-0.15, -0.1) is 0 Å². The van der Waals surface area contributed by atoms with E-state index in [2.05, 4.69) is 16.0 Å². The van der Waals surface area contributed by atoms with Gasteiger partial charge in [0, 0.05) is 6.42 Å². The van der Waals surface area contributed by atoms with Gasteiger partial charge in [0.15, 0.2) is 5.11 Å². The Hall–Kier alpha value is -2.73. The lowest BCUT2D eigenvalue weighted by Gasteiger charge is -2.17. The molecule has 2 aromatic carbocycles. The third-order valence-corrected chi connectivity index (χ3v) is 3.85. The van der Waals surface area contributed by atoms with Gasteiger partial charge in [-0.1, -0.05) is 49.4 Å². The highest BCUT2D eigenvalue weighted by Gasteiger charge is 2.15. The molecule has 2 aromatic rings. The number of amides is 2. The van der Waals surface area contributed by atoms with E-state index in [-0.39, 0.29) is 23.0 Å². The number of hydrogen-bond acceptors (Lipinski definition) is 3. The minimum Gasteiger partial charge on any atom is -0.345 e. The molecule has 25 heavy (non-hydrogen) atoms. The molecular weight excluding hydrogens is 334 g/mol. The van der Waals surface area contributed by atoms with E-state index in [9.17, 15) is 9.59 Å². The van der Waals surface area contributed by atoms with Crippen molar-refractivity contribution in [2.45, 2.75) is 26.3 Å². The molecule has 0 saturated carbocycles. The quantitative estimate of drug-likeness (QED) is 0.719. The fraction of sp³-hybridized carbons (Fsp3) is 0.211. The normalized spacial score (nSPS) is 11.3. The predicted octanol–water partition coefficient (Wildman–Crippen LogP) is 3.40. The Morgan fingerprint density at radius 3 is 2.36 bits per heavy atom. The molecule has 1 unspecified atom stereocenters. The number of carbonyl (C=O) groups excluding carboxylic acids is 2. The molecule has 5 nitrogen and oxygen atoms in total. The number of hydrogen-bond donors (Lipinski definition) is 3. The summed E-state index contributed by atoms with van der Waals surface area (Å²) < 4.78 is 0. The van der Waals surface area contributed by atoms with Crippen molar-refractivity contribution in [3.05, 3.63) is 65.7 Å². The van der Waals surface area contributed by atoms with Crippen molar-refractivity contribution in [3.63, 3.8) is 0 Å². The summed E-state index contributed by atoms with van der Waals surface area (Å²) in [7, 11) is 0. The lowest BCUT2D eigenvalue weighted by Crippen LogP contribution is -2.34. The zero-order chi connectivity index (χ0) is 18.2. The molecule has 0 heterocycles. The van der Waals surface area contributed by atoms with Crippen LogP contribution in [0.25, 0.3) is 0 Å². The largest absolute Gasteiger partial charge is 0.345 e. The summed E-state index contributed by atoms with van der Waals surface area (Å²) in [4.78, 5) is 24.0.